The minimum absolute atomic E-state index is 0.300. The first-order chi connectivity index (χ1) is 6.38. The summed E-state index contributed by atoms with van der Waals surface area (Å²) >= 11 is 1.94. The van der Waals surface area contributed by atoms with Crippen molar-refractivity contribution in [1.29, 1.82) is 0 Å². The molecule has 1 saturated heterocycles. The number of hydrogen-bond acceptors (Lipinski definition) is 6. The normalized spacial score (nSPS) is 22.1. The molecular weight excluding hydrogens is 188 g/mol. The van der Waals surface area contributed by atoms with Gasteiger partial charge in [-0.05, 0) is 12.2 Å². The molecule has 72 valence electrons. The second-order valence-corrected chi connectivity index (χ2v) is 4.06. The van der Waals surface area contributed by atoms with Crippen molar-refractivity contribution in [3.05, 3.63) is 5.89 Å². The number of nitrogens with zero attached hydrogens (tertiary/aromatic N) is 2. The highest BCUT2D eigenvalue weighted by molar-refractivity contribution is 7.99. The van der Waals surface area contributed by atoms with Gasteiger partial charge in [-0.1, -0.05) is 5.10 Å². The van der Waals surface area contributed by atoms with E-state index in [2.05, 4.69) is 15.5 Å². The molecule has 5 nitrogen and oxygen atoms in total. The fraction of sp³-hybridized carbons (Fsp3) is 0.714. The van der Waals surface area contributed by atoms with E-state index in [0.29, 0.717) is 24.5 Å². The molecule has 3 N–H and O–H groups in total. The van der Waals surface area contributed by atoms with Crippen LogP contribution in [0.25, 0.3) is 0 Å². The second kappa shape index (κ2) is 3.97. The topological polar surface area (TPSA) is 77.0 Å². The van der Waals surface area contributed by atoms with Gasteiger partial charge < -0.3 is 15.5 Å². The molecule has 0 spiro atoms. The van der Waals surface area contributed by atoms with Crippen LogP contribution in [0.4, 0.5) is 6.01 Å². The molecule has 6 heteroatoms. The molecule has 13 heavy (non-hydrogen) atoms. The third-order valence-corrected chi connectivity index (χ3v) is 3.06. The molecule has 1 aliphatic heterocycles. The monoisotopic (exact) mass is 200 g/mol. The van der Waals surface area contributed by atoms with Crippen molar-refractivity contribution in [3.63, 3.8) is 0 Å². The zero-order chi connectivity index (χ0) is 9.10. The quantitative estimate of drug-likeness (QED) is 0.737. The highest BCUT2D eigenvalue weighted by Gasteiger charge is 2.17. The van der Waals surface area contributed by atoms with Crippen LogP contribution in [-0.4, -0.2) is 27.7 Å². The van der Waals surface area contributed by atoms with Crippen molar-refractivity contribution in [3.8, 4) is 0 Å². The van der Waals surface area contributed by atoms with Gasteiger partial charge in [0, 0.05) is 11.8 Å². The molecule has 0 bridgehead atoms. The first kappa shape index (κ1) is 8.83. The number of anilines is 1. The van der Waals surface area contributed by atoms with Gasteiger partial charge in [-0.15, -0.1) is 5.10 Å². The Labute approximate surface area is 80.5 Å². The molecule has 0 aromatic carbocycles. The van der Waals surface area contributed by atoms with Gasteiger partial charge in [0.2, 0.25) is 5.89 Å². The van der Waals surface area contributed by atoms with Gasteiger partial charge in [-0.3, -0.25) is 0 Å². The molecular formula is C7H12N4OS. The van der Waals surface area contributed by atoms with Crippen LogP contribution in [0.15, 0.2) is 4.42 Å². The van der Waals surface area contributed by atoms with Gasteiger partial charge in [0.15, 0.2) is 0 Å². The summed E-state index contributed by atoms with van der Waals surface area (Å²) in [7, 11) is 0. The van der Waals surface area contributed by atoms with Crippen molar-refractivity contribution < 1.29 is 4.42 Å². The van der Waals surface area contributed by atoms with E-state index in [4.69, 9.17) is 10.2 Å². The average molecular weight is 200 g/mol. The van der Waals surface area contributed by atoms with Crippen molar-refractivity contribution in [2.75, 3.05) is 16.8 Å². The van der Waals surface area contributed by atoms with Crippen molar-refractivity contribution in [1.82, 2.24) is 10.2 Å². The molecule has 1 aliphatic rings. The van der Waals surface area contributed by atoms with E-state index in [0.717, 1.165) is 12.2 Å². The third kappa shape index (κ3) is 2.13. The van der Waals surface area contributed by atoms with Gasteiger partial charge in [0.1, 0.15) is 0 Å². The Morgan fingerprint density at radius 3 is 3.15 bits per heavy atom. The molecule has 0 amide bonds. The average Bonchev–Trinajstić information content (AvgIpc) is 2.76. The molecule has 2 heterocycles. The summed E-state index contributed by atoms with van der Waals surface area (Å²) in [5, 5.41) is 10.8. The largest absolute Gasteiger partial charge is 0.407 e. The van der Waals surface area contributed by atoms with E-state index in [1.165, 1.54) is 5.75 Å². The summed E-state index contributed by atoms with van der Waals surface area (Å²) in [5.41, 5.74) is 5.34. The van der Waals surface area contributed by atoms with Gasteiger partial charge in [0.05, 0.1) is 6.54 Å². The lowest BCUT2D eigenvalue weighted by molar-refractivity contribution is 0.502. The lowest BCUT2D eigenvalue weighted by Gasteiger charge is -2.06. The Bertz CT molecular complexity index is 271. The van der Waals surface area contributed by atoms with Crippen LogP contribution in [-0.2, 0) is 6.54 Å². The standard InChI is InChI=1S/C7H12N4OS/c8-3-6-10-11-7(12-6)9-5-1-2-13-4-5/h5H,1-4,8H2,(H,9,11). The molecule has 0 radical (unpaired) electrons. The zero-order valence-electron chi connectivity index (χ0n) is 7.19. The smallest absolute Gasteiger partial charge is 0.315 e. The van der Waals surface area contributed by atoms with Crippen LogP contribution in [0.3, 0.4) is 0 Å². The van der Waals surface area contributed by atoms with Crippen molar-refractivity contribution >= 4 is 17.8 Å². The number of hydrogen-bond donors (Lipinski definition) is 2. The van der Waals surface area contributed by atoms with E-state index >= 15 is 0 Å². The number of thioether (sulfide) groups is 1. The molecule has 1 atom stereocenters. The van der Waals surface area contributed by atoms with Crippen LogP contribution < -0.4 is 11.1 Å². The molecule has 1 aromatic rings. The fourth-order valence-corrected chi connectivity index (χ4v) is 2.37. The van der Waals surface area contributed by atoms with E-state index < -0.39 is 0 Å². The van der Waals surface area contributed by atoms with E-state index in [1.54, 1.807) is 0 Å². The van der Waals surface area contributed by atoms with Gasteiger partial charge in [0.25, 0.3) is 0 Å². The summed E-state index contributed by atoms with van der Waals surface area (Å²) in [4.78, 5) is 0. The summed E-state index contributed by atoms with van der Waals surface area (Å²) in [6, 6.07) is 0.962. The summed E-state index contributed by atoms with van der Waals surface area (Å²) in [6.07, 6.45) is 1.16. The van der Waals surface area contributed by atoms with Crippen molar-refractivity contribution in [2.24, 2.45) is 5.73 Å². The molecule has 1 aromatic heterocycles. The Balaban J connectivity index is 1.92. The predicted octanol–water partition coefficient (Wildman–Crippen LogP) is 0.446. The Morgan fingerprint density at radius 2 is 2.54 bits per heavy atom. The van der Waals surface area contributed by atoms with Crippen LogP contribution in [0.2, 0.25) is 0 Å². The molecule has 2 rings (SSSR count). The van der Waals surface area contributed by atoms with Gasteiger partial charge >= 0.3 is 6.01 Å². The third-order valence-electron chi connectivity index (χ3n) is 1.90. The fourth-order valence-electron chi connectivity index (χ4n) is 1.22. The van der Waals surface area contributed by atoms with Crippen LogP contribution in [0, 0.1) is 0 Å². The first-order valence-electron chi connectivity index (χ1n) is 4.25. The van der Waals surface area contributed by atoms with Crippen molar-refractivity contribution in [2.45, 2.75) is 19.0 Å². The maximum Gasteiger partial charge on any atom is 0.315 e. The Kier molecular flexibility index (Phi) is 2.70. The van der Waals surface area contributed by atoms with Crippen LogP contribution in [0.1, 0.15) is 12.3 Å². The maximum atomic E-state index is 5.34. The van der Waals surface area contributed by atoms with Gasteiger partial charge in [-0.2, -0.15) is 11.8 Å². The van der Waals surface area contributed by atoms with Crippen LogP contribution >= 0.6 is 11.8 Å². The SMILES string of the molecule is NCc1nnc(NC2CCSC2)o1. The minimum atomic E-state index is 0.300. The second-order valence-electron chi connectivity index (χ2n) is 2.91. The highest BCUT2D eigenvalue weighted by atomic mass is 32.2. The zero-order valence-corrected chi connectivity index (χ0v) is 8.01. The summed E-state index contributed by atoms with van der Waals surface area (Å²) in [5.74, 6) is 2.80. The molecule has 1 fully saturated rings. The number of rotatable bonds is 3. The summed E-state index contributed by atoms with van der Waals surface area (Å²) in [6.45, 7) is 0.300. The summed E-state index contributed by atoms with van der Waals surface area (Å²) < 4.78 is 5.23. The number of aromatic nitrogens is 2. The van der Waals surface area contributed by atoms with Gasteiger partial charge in [-0.25, -0.2) is 0 Å². The van der Waals surface area contributed by atoms with E-state index in [9.17, 15) is 0 Å². The molecule has 0 saturated carbocycles. The Morgan fingerprint density at radius 1 is 1.62 bits per heavy atom. The number of nitrogens with one attached hydrogen (secondary N) is 1. The maximum absolute atomic E-state index is 5.34. The molecule has 1 unspecified atom stereocenters. The molecule has 0 aliphatic carbocycles. The van der Waals surface area contributed by atoms with E-state index in [1.807, 2.05) is 11.8 Å². The number of nitrogens with two attached hydrogens (primary N) is 1. The lowest BCUT2D eigenvalue weighted by Crippen LogP contribution is -2.18. The van der Waals surface area contributed by atoms with E-state index in [-0.39, 0.29) is 0 Å². The highest BCUT2D eigenvalue weighted by Crippen LogP contribution is 2.20. The lowest BCUT2D eigenvalue weighted by atomic mass is 10.3. The minimum Gasteiger partial charge on any atom is -0.407 e. The Hall–Kier alpha value is -0.750. The van der Waals surface area contributed by atoms with Crippen LogP contribution in [0.5, 0.6) is 0 Å². The predicted molar refractivity (Wildman–Crippen MR) is 51.5 cm³/mol. The first-order valence-corrected chi connectivity index (χ1v) is 5.40.